The summed E-state index contributed by atoms with van der Waals surface area (Å²) >= 11 is 0. The predicted octanol–water partition coefficient (Wildman–Crippen LogP) is 5.27. The van der Waals surface area contributed by atoms with Crippen molar-refractivity contribution in [1.29, 1.82) is 0 Å². The molecular weight excluding hydrogens is 246 g/mol. The number of ether oxygens (including phenoxy) is 1. The van der Waals surface area contributed by atoms with Crippen LogP contribution in [0.2, 0.25) is 0 Å². The molecule has 0 saturated carbocycles. The standard InChI is InChI=1S/C18H39NO/c1-4-6-7-8-9-10-11-12-13-14-17-20-18-15-16-19(3)5-2/h4-18H2,1-3H3. The fourth-order valence-corrected chi connectivity index (χ4v) is 2.39. The van der Waals surface area contributed by atoms with E-state index >= 15 is 0 Å². The van der Waals surface area contributed by atoms with E-state index in [1.807, 2.05) is 0 Å². The molecule has 0 aromatic heterocycles. The molecule has 0 saturated heterocycles. The molecule has 0 spiro atoms. The highest BCUT2D eigenvalue weighted by Gasteiger charge is 1.95. The van der Waals surface area contributed by atoms with Crippen LogP contribution in [0.5, 0.6) is 0 Å². The minimum atomic E-state index is 0.932. The predicted molar refractivity (Wildman–Crippen MR) is 90.5 cm³/mol. The third kappa shape index (κ3) is 16.0. The molecular formula is C18H39NO. The van der Waals surface area contributed by atoms with Crippen LogP contribution in [0, 0.1) is 0 Å². The van der Waals surface area contributed by atoms with Gasteiger partial charge in [0.1, 0.15) is 0 Å². The van der Waals surface area contributed by atoms with Crippen LogP contribution in [0.15, 0.2) is 0 Å². The fraction of sp³-hybridized carbons (Fsp3) is 1.00. The van der Waals surface area contributed by atoms with Gasteiger partial charge in [-0.25, -0.2) is 0 Å². The van der Waals surface area contributed by atoms with Gasteiger partial charge >= 0.3 is 0 Å². The van der Waals surface area contributed by atoms with Crippen molar-refractivity contribution in [3.63, 3.8) is 0 Å². The highest BCUT2D eigenvalue weighted by molar-refractivity contribution is 4.49. The summed E-state index contributed by atoms with van der Waals surface area (Å²) in [5, 5.41) is 0. The molecule has 0 bridgehead atoms. The molecule has 0 aliphatic carbocycles. The zero-order chi connectivity index (χ0) is 14.9. The third-order valence-corrected chi connectivity index (χ3v) is 4.01. The van der Waals surface area contributed by atoms with E-state index in [0.717, 1.165) is 26.3 Å². The van der Waals surface area contributed by atoms with E-state index in [2.05, 4.69) is 25.8 Å². The third-order valence-electron chi connectivity index (χ3n) is 4.01. The molecule has 0 unspecified atom stereocenters. The molecule has 0 aliphatic rings. The van der Waals surface area contributed by atoms with E-state index in [-0.39, 0.29) is 0 Å². The molecule has 0 heterocycles. The Balaban J connectivity index is 2.96. The fourth-order valence-electron chi connectivity index (χ4n) is 2.39. The summed E-state index contributed by atoms with van der Waals surface area (Å²) in [6.45, 7) is 8.68. The molecule has 0 amide bonds. The van der Waals surface area contributed by atoms with Gasteiger partial charge in [-0.2, -0.15) is 0 Å². The quantitative estimate of drug-likeness (QED) is 0.358. The molecule has 0 aromatic carbocycles. The molecule has 0 radical (unpaired) electrons. The Morgan fingerprint density at radius 3 is 1.70 bits per heavy atom. The molecule has 0 atom stereocenters. The first-order valence-corrected chi connectivity index (χ1v) is 9.07. The van der Waals surface area contributed by atoms with Gasteiger partial charge < -0.3 is 9.64 Å². The van der Waals surface area contributed by atoms with Gasteiger partial charge in [0.25, 0.3) is 0 Å². The van der Waals surface area contributed by atoms with E-state index in [9.17, 15) is 0 Å². The monoisotopic (exact) mass is 285 g/mol. The molecule has 2 heteroatoms. The van der Waals surface area contributed by atoms with Crippen molar-refractivity contribution >= 4 is 0 Å². The maximum Gasteiger partial charge on any atom is 0.0478 e. The van der Waals surface area contributed by atoms with Crippen LogP contribution in [-0.2, 0) is 4.74 Å². The van der Waals surface area contributed by atoms with Crippen molar-refractivity contribution in [2.24, 2.45) is 0 Å². The molecule has 0 rings (SSSR count). The van der Waals surface area contributed by atoms with E-state index < -0.39 is 0 Å². The van der Waals surface area contributed by atoms with Crippen LogP contribution in [0.3, 0.4) is 0 Å². The minimum absolute atomic E-state index is 0.932. The topological polar surface area (TPSA) is 12.5 Å². The van der Waals surface area contributed by atoms with Gasteiger partial charge in [0.15, 0.2) is 0 Å². The largest absolute Gasteiger partial charge is 0.381 e. The summed E-state index contributed by atoms with van der Waals surface area (Å²) in [4.78, 5) is 2.34. The van der Waals surface area contributed by atoms with Crippen molar-refractivity contribution in [2.75, 3.05) is 33.4 Å². The lowest BCUT2D eigenvalue weighted by atomic mass is 10.1. The average Bonchev–Trinajstić information content (AvgIpc) is 2.47. The second kappa shape index (κ2) is 17.0. The molecule has 0 fully saturated rings. The summed E-state index contributed by atoms with van der Waals surface area (Å²) in [5.41, 5.74) is 0. The summed E-state index contributed by atoms with van der Waals surface area (Å²) in [6.07, 6.45) is 15.1. The highest BCUT2D eigenvalue weighted by atomic mass is 16.5. The Hall–Kier alpha value is -0.0800. The van der Waals surface area contributed by atoms with Gasteiger partial charge in [-0.05, 0) is 26.4 Å². The van der Waals surface area contributed by atoms with Crippen molar-refractivity contribution in [3.8, 4) is 0 Å². The molecule has 2 nitrogen and oxygen atoms in total. The Bertz CT molecular complexity index is 173. The van der Waals surface area contributed by atoms with Crippen molar-refractivity contribution in [2.45, 2.75) is 84.5 Å². The van der Waals surface area contributed by atoms with Crippen LogP contribution in [0.1, 0.15) is 84.5 Å². The van der Waals surface area contributed by atoms with Crippen molar-refractivity contribution < 1.29 is 4.74 Å². The second-order valence-corrected chi connectivity index (χ2v) is 6.04. The van der Waals surface area contributed by atoms with Crippen molar-refractivity contribution in [1.82, 2.24) is 4.90 Å². The van der Waals surface area contributed by atoms with Gasteiger partial charge in [0.2, 0.25) is 0 Å². The van der Waals surface area contributed by atoms with Gasteiger partial charge in [0, 0.05) is 19.8 Å². The number of nitrogens with zero attached hydrogens (tertiary/aromatic N) is 1. The van der Waals surface area contributed by atoms with Crippen LogP contribution in [-0.4, -0.2) is 38.3 Å². The lowest BCUT2D eigenvalue weighted by molar-refractivity contribution is 0.120. The Labute approximate surface area is 128 Å². The Morgan fingerprint density at radius 1 is 0.650 bits per heavy atom. The van der Waals surface area contributed by atoms with E-state index in [0.29, 0.717) is 0 Å². The van der Waals surface area contributed by atoms with Gasteiger partial charge in [-0.15, -0.1) is 0 Å². The van der Waals surface area contributed by atoms with Gasteiger partial charge in [0.05, 0.1) is 0 Å². The first-order chi connectivity index (χ1) is 9.81. The van der Waals surface area contributed by atoms with Crippen LogP contribution < -0.4 is 0 Å². The first-order valence-electron chi connectivity index (χ1n) is 9.07. The van der Waals surface area contributed by atoms with Gasteiger partial charge in [-0.3, -0.25) is 0 Å². The Kier molecular flexibility index (Phi) is 16.9. The molecule has 0 aliphatic heterocycles. The lowest BCUT2D eigenvalue weighted by Gasteiger charge is -2.13. The summed E-state index contributed by atoms with van der Waals surface area (Å²) < 4.78 is 5.67. The second-order valence-electron chi connectivity index (χ2n) is 6.04. The Morgan fingerprint density at radius 2 is 1.15 bits per heavy atom. The summed E-state index contributed by atoms with van der Waals surface area (Å²) in [6, 6.07) is 0. The van der Waals surface area contributed by atoms with Crippen LogP contribution in [0.25, 0.3) is 0 Å². The van der Waals surface area contributed by atoms with Crippen LogP contribution >= 0.6 is 0 Å². The summed E-state index contributed by atoms with van der Waals surface area (Å²) in [7, 11) is 2.17. The molecule has 122 valence electrons. The zero-order valence-electron chi connectivity index (χ0n) is 14.5. The van der Waals surface area contributed by atoms with E-state index in [1.54, 1.807) is 0 Å². The lowest BCUT2D eigenvalue weighted by Crippen LogP contribution is -2.20. The summed E-state index contributed by atoms with van der Waals surface area (Å²) in [5.74, 6) is 0. The van der Waals surface area contributed by atoms with E-state index in [4.69, 9.17) is 4.74 Å². The molecule has 0 aromatic rings. The minimum Gasteiger partial charge on any atom is -0.381 e. The SMILES string of the molecule is CCCCCCCCCCCCOCCCN(C)CC. The highest BCUT2D eigenvalue weighted by Crippen LogP contribution is 2.10. The van der Waals surface area contributed by atoms with Crippen molar-refractivity contribution in [3.05, 3.63) is 0 Å². The zero-order valence-corrected chi connectivity index (χ0v) is 14.5. The normalized spacial score (nSPS) is 11.4. The number of rotatable bonds is 16. The molecule has 0 N–H and O–H groups in total. The molecule has 20 heavy (non-hydrogen) atoms. The number of hydrogen-bond acceptors (Lipinski definition) is 2. The maximum atomic E-state index is 5.67. The average molecular weight is 286 g/mol. The van der Waals surface area contributed by atoms with E-state index in [1.165, 1.54) is 70.6 Å². The van der Waals surface area contributed by atoms with Crippen LogP contribution in [0.4, 0.5) is 0 Å². The number of unbranched alkanes of at least 4 members (excludes halogenated alkanes) is 9. The number of hydrogen-bond donors (Lipinski definition) is 0. The maximum absolute atomic E-state index is 5.67. The smallest absolute Gasteiger partial charge is 0.0478 e. The first kappa shape index (κ1) is 19.9. The van der Waals surface area contributed by atoms with Gasteiger partial charge in [-0.1, -0.05) is 71.6 Å².